The Kier molecular flexibility index (Phi) is 6.40. The van der Waals surface area contributed by atoms with Crippen molar-refractivity contribution in [3.63, 3.8) is 0 Å². The number of hydrogen-bond acceptors (Lipinski definition) is 4. The SMILES string of the molecule is CCOc1ccccc1N1C[C@@H](C(=O)Nc2ccc(Oc3ccccc3C)cc2)CC1=O. The third kappa shape index (κ3) is 4.75. The summed E-state index contributed by atoms with van der Waals surface area (Å²) in [4.78, 5) is 27.1. The highest BCUT2D eigenvalue weighted by Gasteiger charge is 2.36. The molecule has 6 nitrogen and oxygen atoms in total. The number of nitrogens with one attached hydrogen (secondary N) is 1. The van der Waals surface area contributed by atoms with E-state index >= 15 is 0 Å². The van der Waals surface area contributed by atoms with Crippen molar-refractivity contribution in [3.8, 4) is 17.2 Å². The molecule has 0 unspecified atom stereocenters. The van der Waals surface area contributed by atoms with Gasteiger partial charge < -0.3 is 19.7 Å². The maximum absolute atomic E-state index is 12.8. The maximum Gasteiger partial charge on any atom is 0.229 e. The number of amides is 2. The first-order valence-electron chi connectivity index (χ1n) is 10.7. The third-order valence-corrected chi connectivity index (χ3v) is 5.39. The van der Waals surface area contributed by atoms with Crippen molar-refractivity contribution >= 4 is 23.2 Å². The minimum atomic E-state index is -0.430. The summed E-state index contributed by atoms with van der Waals surface area (Å²) in [7, 11) is 0. The average Bonchev–Trinajstić information content (AvgIpc) is 3.19. The van der Waals surface area contributed by atoms with E-state index in [0.717, 1.165) is 11.3 Å². The summed E-state index contributed by atoms with van der Waals surface area (Å²) in [5.41, 5.74) is 2.41. The van der Waals surface area contributed by atoms with Gasteiger partial charge in [-0.15, -0.1) is 0 Å². The molecule has 0 aromatic heterocycles. The Labute approximate surface area is 187 Å². The lowest BCUT2D eigenvalue weighted by Gasteiger charge is -2.20. The molecule has 1 saturated heterocycles. The van der Waals surface area contributed by atoms with Gasteiger partial charge in [0.15, 0.2) is 0 Å². The van der Waals surface area contributed by atoms with E-state index in [0.29, 0.717) is 36.0 Å². The number of anilines is 2. The molecule has 1 heterocycles. The summed E-state index contributed by atoms with van der Waals surface area (Å²) in [5.74, 6) is 1.43. The van der Waals surface area contributed by atoms with Crippen LogP contribution in [0.5, 0.6) is 17.2 Å². The highest BCUT2D eigenvalue weighted by atomic mass is 16.5. The van der Waals surface area contributed by atoms with E-state index in [4.69, 9.17) is 9.47 Å². The molecule has 1 N–H and O–H groups in total. The predicted octanol–water partition coefficient (Wildman–Crippen LogP) is 5.18. The van der Waals surface area contributed by atoms with Gasteiger partial charge in [0, 0.05) is 18.7 Å². The fourth-order valence-corrected chi connectivity index (χ4v) is 3.72. The second-order valence-corrected chi connectivity index (χ2v) is 7.69. The van der Waals surface area contributed by atoms with E-state index in [9.17, 15) is 9.59 Å². The Balaban J connectivity index is 1.39. The molecule has 1 fully saturated rings. The van der Waals surface area contributed by atoms with Crippen LogP contribution in [0.15, 0.2) is 72.8 Å². The fourth-order valence-electron chi connectivity index (χ4n) is 3.72. The minimum Gasteiger partial charge on any atom is -0.492 e. The first-order valence-corrected chi connectivity index (χ1v) is 10.7. The Morgan fingerprint density at radius 2 is 1.69 bits per heavy atom. The summed E-state index contributed by atoms with van der Waals surface area (Å²) in [6, 6.07) is 22.4. The molecule has 4 rings (SSSR count). The van der Waals surface area contributed by atoms with Crippen molar-refractivity contribution in [2.45, 2.75) is 20.3 Å². The highest BCUT2D eigenvalue weighted by Crippen LogP contribution is 2.33. The van der Waals surface area contributed by atoms with Gasteiger partial charge in [0.05, 0.1) is 18.2 Å². The number of nitrogens with zero attached hydrogens (tertiary/aromatic N) is 1. The van der Waals surface area contributed by atoms with Gasteiger partial charge in [-0.2, -0.15) is 0 Å². The lowest BCUT2D eigenvalue weighted by Crippen LogP contribution is -2.28. The zero-order chi connectivity index (χ0) is 22.5. The predicted molar refractivity (Wildman–Crippen MR) is 124 cm³/mol. The van der Waals surface area contributed by atoms with Crippen LogP contribution in [0.2, 0.25) is 0 Å². The lowest BCUT2D eigenvalue weighted by molar-refractivity contribution is -0.122. The molecule has 0 saturated carbocycles. The van der Waals surface area contributed by atoms with Crippen LogP contribution < -0.4 is 19.7 Å². The molecule has 1 atom stereocenters. The highest BCUT2D eigenvalue weighted by molar-refractivity contribution is 6.04. The van der Waals surface area contributed by atoms with Gasteiger partial charge in [-0.05, 0) is 61.9 Å². The molecule has 3 aromatic carbocycles. The third-order valence-electron chi connectivity index (χ3n) is 5.39. The largest absolute Gasteiger partial charge is 0.492 e. The van der Waals surface area contributed by atoms with Gasteiger partial charge in [-0.25, -0.2) is 0 Å². The minimum absolute atomic E-state index is 0.0840. The number of aryl methyl sites for hydroxylation is 1. The topological polar surface area (TPSA) is 67.9 Å². The Morgan fingerprint density at radius 1 is 1.00 bits per heavy atom. The Bertz CT molecular complexity index is 1110. The van der Waals surface area contributed by atoms with Crippen LogP contribution in [0, 0.1) is 12.8 Å². The van der Waals surface area contributed by atoms with Crippen LogP contribution in [0.25, 0.3) is 0 Å². The lowest BCUT2D eigenvalue weighted by atomic mass is 10.1. The summed E-state index contributed by atoms with van der Waals surface area (Å²) in [5, 5.41) is 2.91. The van der Waals surface area contributed by atoms with Gasteiger partial charge in [0.1, 0.15) is 17.2 Å². The normalized spacial score (nSPS) is 15.5. The van der Waals surface area contributed by atoms with Crippen molar-refractivity contribution in [2.75, 3.05) is 23.4 Å². The van der Waals surface area contributed by atoms with E-state index in [1.807, 2.05) is 74.5 Å². The Morgan fingerprint density at radius 3 is 2.41 bits per heavy atom. The fraction of sp³-hybridized carbons (Fsp3) is 0.231. The van der Waals surface area contributed by atoms with Gasteiger partial charge in [0.25, 0.3) is 0 Å². The van der Waals surface area contributed by atoms with Crippen molar-refractivity contribution in [3.05, 3.63) is 78.4 Å². The zero-order valence-corrected chi connectivity index (χ0v) is 18.2. The number of hydrogen-bond donors (Lipinski definition) is 1. The van der Waals surface area contributed by atoms with Gasteiger partial charge in [-0.1, -0.05) is 30.3 Å². The second-order valence-electron chi connectivity index (χ2n) is 7.69. The smallest absolute Gasteiger partial charge is 0.229 e. The standard InChI is InChI=1S/C26H26N2O4/c1-3-31-24-11-7-5-9-22(24)28-17-19(16-25(28)29)26(30)27-20-12-14-21(15-13-20)32-23-10-6-4-8-18(23)2/h4-15,19H,3,16-17H2,1-2H3,(H,27,30)/t19-/m0/s1. The molecule has 2 amide bonds. The van der Waals surface area contributed by atoms with Crippen LogP contribution in [0.4, 0.5) is 11.4 Å². The average molecular weight is 431 g/mol. The van der Waals surface area contributed by atoms with Crippen LogP contribution in [0.1, 0.15) is 18.9 Å². The van der Waals surface area contributed by atoms with Gasteiger partial charge in [0.2, 0.25) is 11.8 Å². The van der Waals surface area contributed by atoms with Crippen molar-refractivity contribution in [1.29, 1.82) is 0 Å². The number of para-hydroxylation sites is 3. The van der Waals surface area contributed by atoms with Crippen molar-refractivity contribution < 1.29 is 19.1 Å². The molecule has 1 aliphatic heterocycles. The number of carbonyl (C=O) groups excluding carboxylic acids is 2. The molecule has 6 heteroatoms. The molecule has 3 aromatic rings. The number of ether oxygens (including phenoxy) is 2. The van der Waals surface area contributed by atoms with Crippen molar-refractivity contribution in [1.82, 2.24) is 0 Å². The molecule has 0 spiro atoms. The van der Waals surface area contributed by atoms with Crippen molar-refractivity contribution in [2.24, 2.45) is 5.92 Å². The van der Waals surface area contributed by atoms with E-state index in [1.165, 1.54) is 0 Å². The molecule has 0 aliphatic carbocycles. The zero-order valence-electron chi connectivity index (χ0n) is 18.2. The molecule has 1 aliphatic rings. The molecular formula is C26H26N2O4. The van der Waals surface area contributed by atoms with Crippen LogP contribution >= 0.6 is 0 Å². The van der Waals surface area contributed by atoms with Crippen LogP contribution in [0.3, 0.4) is 0 Å². The van der Waals surface area contributed by atoms with Crippen LogP contribution in [-0.4, -0.2) is 25.0 Å². The first-order chi connectivity index (χ1) is 15.5. The number of carbonyl (C=O) groups is 2. The molecule has 0 radical (unpaired) electrons. The van der Waals surface area contributed by atoms with E-state index in [-0.39, 0.29) is 18.2 Å². The van der Waals surface area contributed by atoms with E-state index < -0.39 is 5.92 Å². The number of benzene rings is 3. The maximum atomic E-state index is 12.8. The van der Waals surface area contributed by atoms with E-state index in [2.05, 4.69) is 5.32 Å². The monoisotopic (exact) mass is 430 g/mol. The Hall–Kier alpha value is -3.80. The molecule has 164 valence electrons. The number of rotatable bonds is 7. The molecule has 32 heavy (non-hydrogen) atoms. The summed E-state index contributed by atoms with van der Waals surface area (Å²) >= 11 is 0. The molecular weight excluding hydrogens is 404 g/mol. The van der Waals surface area contributed by atoms with Crippen LogP contribution in [-0.2, 0) is 9.59 Å². The molecule has 0 bridgehead atoms. The summed E-state index contributed by atoms with van der Waals surface area (Å²) in [6.07, 6.45) is 0.167. The second kappa shape index (κ2) is 9.56. The first kappa shape index (κ1) is 21.4. The van der Waals surface area contributed by atoms with Gasteiger partial charge >= 0.3 is 0 Å². The summed E-state index contributed by atoms with van der Waals surface area (Å²) < 4.78 is 11.5. The quantitative estimate of drug-likeness (QED) is 0.561. The summed E-state index contributed by atoms with van der Waals surface area (Å²) in [6.45, 7) is 4.72. The van der Waals surface area contributed by atoms with Gasteiger partial charge in [-0.3, -0.25) is 9.59 Å². The van der Waals surface area contributed by atoms with E-state index in [1.54, 1.807) is 17.0 Å².